The molecule has 0 aliphatic carbocycles. The zero-order valence-electron chi connectivity index (χ0n) is 10.5. The predicted octanol–water partition coefficient (Wildman–Crippen LogP) is 2.21. The van der Waals surface area contributed by atoms with Gasteiger partial charge in [0, 0.05) is 7.05 Å². The van der Waals surface area contributed by atoms with Gasteiger partial charge in [0.1, 0.15) is 10.7 Å². The largest absolute Gasteiger partial charge is 0.373 e. The van der Waals surface area contributed by atoms with E-state index in [1.165, 1.54) is 0 Å². The lowest BCUT2D eigenvalue weighted by molar-refractivity contribution is 0.102. The highest BCUT2D eigenvalue weighted by atomic mass is 35.5. The van der Waals surface area contributed by atoms with Crippen LogP contribution in [0.3, 0.4) is 0 Å². The number of carbonyl (C=O) groups is 1. The van der Waals surface area contributed by atoms with Gasteiger partial charge in [-0.1, -0.05) is 11.4 Å². The Kier molecular flexibility index (Phi) is 5.65. The Morgan fingerprint density at radius 2 is 2.21 bits per heavy atom. The Balaban J connectivity index is 0.00000180. The number of amides is 1. The fourth-order valence-corrected chi connectivity index (χ4v) is 2.06. The number of pyridine rings is 1. The Morgan fingerprint density at radius 3 is 2.79 bits per heavy atom. The number of rotatable bonds is 4. The van der Waals surface area contributed by atoms with Crippen LogP contribution in [0.15, 0.2) is 18.3 Å². The smallest absolute Gasteiger partial charge is 0.269 e. The second-order valence-corrected chi connectivity index (χ2v) is 4.29. The normalized spacial score (nSPS) is 9.58. The second kappa shape index (κ2) is 7.01. The molecule has 0 atom stereocenters. The number of carbonyl (C=O) groups excluding carboxylic acids is 1. The molecule has 0 aliphatic heterocycles. The minimum Gasteiger partial charge on any atom is -0.373 e. The number of nitrogens with zero attached hydrogens (tertiary/aromatic N) is 3. The summed E-state index contributed by atoms with van der Waals surface area (Å²) in [5.74, 6) is 0.558. The van der Waals surface area contributed by atoms with Crippen molar-refractivity contribution in [3.05, 3.63) is 28.9 Å². The number of hydrogen-bond donors (Lipinski definition) is 2. The Hall–Kier alpha value is -1.73. The summed E-state index contributed by atoms with van der Waals surface area (Å²) < 4.78 is 3.79. The highest BCUT2D eigenvalue weighted by molar-refractivity contribution is 7.08. The summed E-state index contributed by atoms with van der Waals surface area (Å²) in [7, 11) is 1.79. The van der Waals surface area contributed by atoms with Crippen LogP contribution in [0.5, 0.6) is 0 Å². The first-order chi connectivity index (χ1) is 8.74. The zero-order valence-corrected chi connectivity index (χ0v) is 12.1. The summed E-state index contributed by atoms with van der Waals surface area (Å²) >= 11 is 1.10. The van der Waals surface area contributed by atoms with Gasteiger partial charge in [0.25, 0.3) is 5.91 Å². The van der Waals surface area contributed by atoms with Gasteiger partial charge in [0.05, 0.1) is 17.6 Å². The van der Waals surface area contributed by atoms with Crippen LogP contribution in [0.2, 0.25) is 0 Å². The van der Waals surface area contributed by atoms with E-state index in [0.29, 0.717) is 17.0 Å². The molecular weight excluding hydrogens is 286 g/mol. The minimum absolute atomic E-state index is 0. The van der Waals surface area contributed by atoms with E-state index in [1.807, 2.05) is 6.92 Å². The van der Waals surface area contributed by atoms with Gasteiger partial charge in [0.15, 0.2) is 0 Å². The monoisotopic (exact) mass is 299 g/mol. The van der Waals surface area contributed by atoms with E-state index in [2.05, 4.69) is 25.2 Å². The van der Waals surface area contributed by atoms with Crippen LogP contribution in [-0.4, -0.2) is 27.5 Å². The van der Waals surface area contributed by atoms with Crippen LogP contribution >= 0.6 is 23.9 Å². The molecule has 0 aliphatic rings. The maximum Gasteiger partial charge on any atom is 0.269 e. The van der Waals surface area contributed by atoms with Crippen molar-refractivity contribution in [1.82, 2.24) is 14.6 Å². The van der Waals surface area contributed by atoms with Crippen molar-refractivity contribution in [2.45, 2.75) is 13.3 Å². The fraction of sp³-hybridized carbons (Fsp3) is 0.273. The van der Waals surface area contributed by atoms with Gasteiger partial charge < -0.3 is 10.6 Å². The van der Waals surface area contributed by atoms with Crippen molar-refractivity contribution in [2.24, 2.45) is 0 Å². The predicted molar refractivity (Wildman–Crippen MR) is 78.3 cm³/mol. The summed E-state index contributed by atoms with van der Waals surface area (Å²) in [5, 5.41) is 9.59. The first-order valence-electron chi connectivity index (χ1n) is 5.51. The minimum atomic E-state index is -0.194. The third-order valence-electron chi connectivity index (χ3n) is 2.37. The number of aromatic nitrogens is 3. The number of hydrogen-bond acceptors (Lipinski definition) is 6. The molecule has 2 rings (SSSR count). The molecule has 0 saturated heterocycles. The van der Waals surface area contributed by atoms with Crippen LogP contribution in [0.1, 0.15) is 22.3 Å². The van der Waals surface area contributed by atoms with Gasteiger partial charge in [-0.2, -0.15) is 0 Å². The van der Waals surface area contributed by atoms with E-state index in [-0.39, 0.29) is 18.3 Å². The van der Waals surface area contributed by atoms with E-state index >= 15 is 0 Å². The van der Waals surface area contributed by atoms with Crippen molar-refractivity contribution >= 4 is 41.4 Å². The lowest BCUT2D eigenvalue weighted by atomic mass is 10.3. The Labute approximate surface area is 121 Å². The zero-order chi connectivity index (χ0) is 13.0. The fourth-order valence-electron chi connectivity index (χ4n) is 1.42. The Morgan fingerprint density at radius 1 is 1.42 bits per heavy atom. The van der Waals surface area contributed by atoms with E-state index in [4.69, 9.17) is 0 Å². The molecular formula is C11H14ClN5OS. The summed E-state index contributed by atoms with van der Waals surface area (Å²) in [6, 6.07) is 3.58. The van der Waals surface area contributed by atoms with Crippen molar-refractivity contribution in [1.29, 1.82) is 0 Å². The molecule has 0 unspecified atom stereocenters. The quantitative estimate of drug-likeness (QED) is 0.905. The number of aryl methyl sites for hydroxylation is 1. The molecule has 0 radical (unpaired) electrons. The summed E-state index contributed by atoms with van der Waals surface area (Å²) in [6.45, 7) is 1.94. The van der Waals surface area contributed by atoms with Crippen molar-refractivity contribution in [3.63, 3.8) is 0 Å². The van der Waals surface area contributed by atoms with Crippen LogP contribution in [0.4, 0.5) is 11.5 Å². The molecule has 102 valence electrons. The van der Waals surface area contributed by atoms with Gasteiger partial charge in [-0.3, -0.25) is 4.79 Å². The molecule has 8 heteroatoms. The summed E-state index contributed by atoms with van der Waals surface area (Å²) in [5.41, 5.74) is 1.37. The van der Waals surface area contributed by atoms with Gasteiger partial charge in [0.2, 0.25) is 0 Å². The topological polar surface area (TPSA) is 79.8 Å². The molecule has 2 aromatic rings. The summed E-state index contributed by atoms with van der Waals surface area (Å²) in [6.07, 6.45) is 2.29. The second-order valence-electron chi connectivity index (χ2n) is 3.54. The standard InChI is InChI=1S/C11H13N5OS.ClH/c1-3-8-10(18-16-15-8)11(17)14-7-4-5-9(12-2)13-6-7;/h4-6H,3H2,1-2H3,(H,12,13)(H,14,17);1H. The first-order valence-corrected chi connectivity index (χ1v) is 6.28. The average molecular weight is 300 g/mol. The maximum atomic E-state index is 12.0. The molecule has 0 bridgehead atoms. The molecule has 2 N–H and O–H groups in total. The molecule has 0 fully saturated rings. The molecule has 1 amide bonds. The van der Waals surface area contributed by atoms with Gasteiger partial charge in [-0.15, -0.1) is 17.5 Å². The molecule has 19 heavy (non-hydrogen) atoms. The van der Waals surface area contributed by atoms with E-state index in [0.717, 1.165) is 23.0 Å². The number of anilines is 2. The molecule has 0 spiro atoms. The Bertz CT molecular complexity index is 542. The molecule has 0 saturated carbocycles. The van der Waals surface area contributed by atoms with Crippen LogP contribution in [0.25, 0.3) is 0 Å². The first kappa shape index (κ1) is 15.3. The lowest BCUT2D eigenvalue weighted by Gasteiger charge is -2.04. The highest BCUT2D eigenvalue weighted by Gasteiger charge is 2.14. The third-order valence-corrected chi connectivity index (χ3v) is 3.14. The van der Waals surface area contributed by atoms with Crippen LogP contribution < -0.4 is 10.6 Å². The number of nitrogens with one attached hydrogen (secondary N) is 2. The maximum absolute atomic E-state index is 12.0. The van der Waals surface area contributed by atoms with E-state index in [1.54, 1.807) is 25.4 Å². The third kappa shape index (κ3) is 3.62. The molecule has 2 heterocycles. The van der Waals surface area contributed by atoms with E-state index in [9.17, 15) is 4.79 Å². The van der Waals surface area contributed by atoms with Gasteiger partial charge in [-0.05, 0) is 30.1 Å². The van der Waals surface area contributed by atoms with Crippen molar-refractivity contribution in [2.75, 3.05) is 17.7 Å². The number of halogens is 1. The van der Waals surface area contributed by atoms with Crippen LogP contribution in [0, 0.1) is 0 Å². The average Bonchev–Trinajstić information content (AvgIpc) is 2.88. The SMILES string of the molecule is CCc1nnsc1C(=O)Nc1ccc(NC)nc1.Cl. The van der Waals surface area contributed by atoms with Crippen molar-refractivity contribution < 1.29 is 4.79 Å². The molecule has 0 aromatic carbocycles. The lowest BCUT2D eigenvalue weighted by Crippen LogP contribution is -2.12. The molecule has 2 aromatic heterocycles. The molecule has 6 nitrogen and oxygen atoms in total. The van der Waals surface area contributed by atoms with Gasteiger partial charge in [-0.25, -0.2) is 4.98 Å². The van der Waals surface area contributed by atoms with Gasteiger partial charge >= 0.3 is 0 Å². The van der Waals surface area contributed by atoms with Crippen molar-refractivity contribution in [3.8, 4) is 0 Å². The highest BCUT2D eigenvalue weighted by Crippen LogP contribution is 2.15. The van der Waals surface area contributed by atoms with Crippen LogP contribution in [-0.2, 0) is 6.42 Å². The van der Waals surface area contributed by atoms with E-state index < -0.39 is 0 Å². The summed E-state index contributed by atoms with van der Waals surface area (Å²) in [4.78, 5) is 16.7.